The van der Waals surface area contributed by atoms with Crippen LogP contribution in [0.15, 0.2) is 41.1 Å². The zero-order chi connectivity index (χ0) is 16.7. The largest absolute Gasteiger partial charge is 0.467 e. The van der Waals surface area contributed by atoms with E-state index in [0.29, 0.717) is 18.8 Å². The number of carbonyl (C=O) groups excluding carboxylic acids is 2. The molecular formula is C16H21N3O4. The highest BCUT2D eigenvalue weighted by molar-refractivity contribution is 5.80. The number of urea groups is 1. The summed E-state index contributed by atoms with van der Waals surface area (Å²) in [6, 6.07) is 7.07. The molecule has 2 heterocycles. The SMILES string of the molecule is CCOC(=O)CNC(=O)N(Cc1ccco1)Cc1cccn1C. The Hall–Kier alpha value is -2.70. The van der Waals surface area contributed by atoms with Crippen LogP contribution in [0.5, 0.6) is 0 Å². The molecule has 7 heteroatoms. The first-order valence-corrected chi connectivity index (χ1v) is 7.41. The summed E-state index contributed by atoms with van der Waals surface area (Å²) in [7, 11) is 1.91. The van der Waals surface area contributed by atoms with Gasteiger partial charge in [0, 0.05) is 18.9 Å². The third-order valence-electron chi connectivity index (χ3n) is 3.31. The van der Waals surface area contributed by atoms with Gasteiger partial charge in [0.05, 0.1) is 26.0 Å². The minimum absolute atomic E-state index is 0.158. The monoisotopic (exact) mass is 319 g/mol. The number of nitrogens with zero attached hydrogens (tertiary/aromatic N) is 2. The van der Waals surface area contributed by atoms with E-state index < -0.39 is 5.97 Å². The maximum absolute atomic E-state index is 12.4. The van der Waals surface area contributed by atoms with E-state index >= 15 is 0 Å². The molecule has 124 valence electrons. The summed E-state index contributed by atoms with van der Waals surface area (Å²) in [5, 5.41) is 2.57. The van der Waals surface area contributed by atoms with Crippen molar-refractivity contribution in [2.75, 3.05) is 13.2 Å². The summed E-state index contributed by atoms with van der Waals surface area (Å²) in [6.45, 7) is 2.56. The van der Waals surface area contributed by atoms with Gasteiger partial charge in [-0.25, -0.2) is 4.79 Å². The fraction of sp³-hybridized carbons (Fsp3) is 0.375. The van der Waals surface area contributed by atoms with Crippen molar-refractivity contribution in [2.24, 2.45) is 7.05 Å². The quantitative estimate of drug-likeness (QED) is 0.791. The molecule has 0 radical (unpaired) electrons. The molecule has 23 heavy (non-hydrogen) atoms. The Bertz CT molecular complexity index is 634. The number of rotatable bonds is 7. The molecule has 0 aliphatic rings. The van der Waals surface area contributed by atoms with E-state index in [0.717, 1.165) is 5.69 Å². The number of hydrogen-bond acceptors (Lipinski definition) is 4. The van der Waals surface area contributed by atoms with Crippen LogP contribution in [0.2, 0.25) is 0 Å². The molecule has 2 amide bonds. The van der Waals surface area contributed by atoms with Gasteiger partial charge in [0.1, 0.15) is 12.3 Å². The average Bonchev–Trinajstić information content (AvgIpc) is 3.17. The molecule has 1 N–H and O–H groups in total. The zero-order valence-corrected chi connectivity index (χ0v) is 13.3. The van der Waals surface area contributed by atoms with E-state index in [1.165, 1.54) is 0 Å². The number of ether oxygens (including phenoxy) is 1. The second-order valence-electron chi connectivity index (χ2n) is 5.01. The number of carbonyl (C=O) groups is 2. The third kappa shape index (κ3) is 4.91. The number of aryl methyl sites for hydroxylation is 1. The van der Waals surface area contributed by atoms with Gasteiger partial charge in [-0.2, -0.15) is 0 Å². The van der Waals surface area contributed by atoms with Crippen molar-refractivity contribution < 1.29 is 18.7 Å². The number of nitrogens with one attached hydrogen (secondary N) is 1. The highest BCUT2D eigenvalue weighted by atomic mass is 16.5. The Morgan fingerprint density at radius 3 is 2.74 bits per heavy atom. The maximum atomic E-state index is 12.4. The molecule has 0 saturated heterocycles. The number of hydrogen-bond donors (Lipinski definition) is 1. The van der Waals surface area contributed by atoms with Crippen molar-refractivity contribution in [3.05, 3.63) is 48.2 Å². The summed E-state index contributed by atoms with van der Waals surface area (Å²) in [6.07, 6.45) is 3.48. The van der Waals surface area contributed by atoms with Crippen LogP contribution in [-0.4, -0.2) is 34.6 Å². The van der Waals surface area contributed by atoms with E-state index in [9.17, 15) is 9.59 Å². The van der Waals surface area contributed by atoms with Crippen LogP contribution < -0.4 is 5.32 Å². The van der Waals surface area contributed by atoms with Gasteiger partial charge in [-0.05, 0) is 31.2 Å². The predicted octanol–water partition coefficient (Wildman–Crippen LogP) is 1.89. The fourth-order valence-corrected chi connectivity index (χ4v) is 2.12. The first kappa shape index (κ1) is 16.7. The summed E-state index contributed by atoms with van der Waals surface area (Å²) < 4.78 is 12.1. The highest BCUT2D eigenvalue weighted by Gasteiger charge is 2.18. The van der Waals surface area contributed by atoms with Gasteiger partial charge in [-0.15, -0.1) is 0 Å². The highest BCUT2D eigenvalue weighted by Crippen LogP contribution is 2.11. The first-order valence-electron chi connectivity index (χ1n) is 7.41. The Morgan fingerprint density at radius 1 is 1.30 bits per heavy atom. The molecule has 2 aromatic rings. The van der Waals surface area contributed by atoms with Gasteiger partial charge < -0.3 is 23.9 Å². The second kappa shape index (κ2) is 8.07. The van der Waals surface area contributed by atoms with Gasteiger partial charge in [-0.1, -0.05) is 0 Å². The van der Waals surface area contributed by atoms with Gasteiger partial charge in [0.15, 0.2) is 0 Å². The van der Waals surface area contributed by atoms with Crippen molar-refractivity contribution in [1.82, 2.24) is 14.8 Å². The van der Waals surface area contributed by atoms with Crippen LogP contribution in [0, 0.1) is 0 Å². The fourth-order valence-electron chi connectivity index (χ4n) is 2.12. The minimum Gasteiger partial charge on any atom is -0.467 e. The number of amides is 2. The molecule has 7 nitrogen and oxygen atoms in total. The molecular weight excluding hydrogens is 298 g/mol. The second-order valence-corrected chi connectivity index (χ2v) is 5.01. The van der Waals surface area contributed by atoms with E-state index in [1.54, 1.807) is 30.2 Å². The molecule has 0 unspecified atom stereocenters. The summed E-state index contributed by atoms with van der Waals surface area (Å²) in [5.74, 6) is 0.211. The predicted molar refractivity (Wildman–Crippen MR) is 83.4 cm³/mol. The van der Waals surface area contributed by atoms with Gasteiger partial charge >= 0.3 is 12.0 Å². The van der Waals surface area contributed by atoms with Crippen molar-refractivity contribution in [1.29, 1.82) is 0 Å². The Balaban J connectivity index is 2.01. The Labute approximate surface area is 134 Å². The van der Waals surface area contributed by atoms with E-state index in [1.807, 2.05) is 29.9 Å². The van der Waals surface area contributed by atoms with E-state index in [4.69, 9.17) is 9.15 Å². The van der Waals surface area contributed by atoms with Crippen molar-refractivity contribution in [3.63, 3.8) is 0 Å². The van der Waals surface area contributed by atoms with Crippen molar-refractivity contribution >= 4 is 12.0 Å². The van der Waals surface area contributed by atoms with Crippen LogP contribution in [-0.2, 0) is 29.7 Å². The molecule has 0 aromatic carbocycles. The molecule has 2 rings (SSSR count). The maximum Gasteiger partial charge on any atom is 0.325 e. The van der Waals surface area contributed by atoms with Crippen LogP contribution in [0.4, 0.5) is 4.79 Å². The van der Waals surface area contributed by atoms with Crippen molar-refractivity contribution in [2.45, 2.75) is 20.0 Å². The first-order chi connectivity index (χ1) is 11.1. The average molecular weight is 319 g/mol. The number of aromatic nitrogens is 1. The number of furan rings is 1. The molecule has 0 fully saturated rings. The van der Waals surface area contributed by atoms with Gasteiger partial charge in [0.2, 0.25) is 0 Å². The molecule has 0 spiro atoms. The lowest BCUT2D eigenvalue weighted by molar-refractivity contribution is -0.141. The van der Waals surface area contributed by atoms with Gasteiger partial charge in [0.25, 0.3) is 0 Å². The summed E-state index contributed by atoms with van der Waals surface area (Å²) in [5.41, 5.74) is 0.975. The lowest BCUT2D eigenvalue weighted by atomic mass is 10.3. The molecule has 0 atom stereocenters. The van der Waals surface area contributed by atoms with Crippen LogP contribution in [0.3, 0.4) is 0 Å². The summed E-state index contributed by atoms with van der Waals surface area (Å²) >= 11 is 0. The molecule has 0 aliphatic heterocycles. The molecule has 2 aromatic heterocycles. The standard InChI is InChI=1S/C16H21N3O4/c1-3-22-15(20)10-17-16(21)19(12-14-7-5-9-23-14)11-13-6-4-8-18(13)2/h4-9H,3,10-12H2,1-2H3,(H,17,21). The molecule has 0 aliphatic carbocycles. The summed E-state index contributed by atoms with van der Waals surface area (Å²) in [4.78, 5) is 25.3. The Morgan fingerprint density at radius 2 is 2.13 bits per heavy atom. The lowest BCUT2D eigenvalue weighted by Gasteiger charge is -2.22. The van der Waals surface area contributed by atoms with Crippen LogP contribution >= 0.6 is 0 Å². The van der Waals surface area contributed by atoms with Crippen molar-refractivity contribution in [3.8, 4) is 0 Å². The van der Waals surface area contributed by atoms with Gasteiger partial charge in [-0.3, -0.25) is 4.79 Å². The number of esters is 1. The van der Waals surface area contributed by atoms with E-state index in [2.05, 4.69) is 5.32 Å². The minimum atomic E-state index is -0.460. The topological polar surface area (TPSA) is 76.7 Å². The third-order valence-corrected chi connectivity index (χ3v) is 3.31. The zero-order valence-electron chi connectivity index (χ0n) is 13.3. The Kier molecular flexibility index (Phi) is 5.85. The lowest BCUT2D eigenvalue weighted by Crippen LogP contribution is -2.41. The van der Waals surface area contributed by atoms with E-state index in [-0.39, 0.29) is 19.2 Å². The molecule has 0 bridgehead atoms. The smallest absolute Gasteiger partial charge is 0.325 e. The van der Waals surface area contributed by atoms with Crippen LogP contribution in [0.1, 0.15) is 18.4 Å². The van der Waals surface area contributed by atoms with Crippen LogP contribution in [0.25, 0.3) is 0 Å². The normalized spacial score (nSPS) is 10.3. The molecule has 0 saturated carbocycles.